The van der Waals surface area contributed by atoms with Crippen LogP contribution in [0.5, 0.6) is 0 Å². The summed E-state index contributed by atoms with van der Waals surface area (Å²) < 4.78 is 43.6. The van der Waals surface area contributed by atoms with E-state index in [9.17, 15) is 74.4 Å². The van der Waals surface area contributed by atoms with Gasteiger partial charge in [-0.25, -0.2) is 0 Å². The predicted octanol–water partition coefficient (Wildman–Crippen LogP) is 5.05. The van der Waals surface area contributed by atoms with Gasteiger partial charge in [-0.3, -0.25) is 38.4 Å². The standard InChI is InChI=1S/C29H43NO11S3.C23H35NO11S3/c1-8-11-43-28(42)44-14-20(25(35)37-7)12-21(29(6,15-30)10-9-23(33)34)26(36)38-13-22-16(2)17(3)24(39-18(4)31)27(41-22)40-19(5)32;1-4-7-37-22(36)38-10-12(19(30)33-3)8-13(23(2,11-24)6-5-15(25)26)20(31)34-9-14-16(27)17(28)18(29)21(32)35-14/h16-17,20-22,24,27H,8-14H2,1-7H3,(H,33,34);12-14,16-18,21,27-29,32H,4-10H2,1-3H3,(H,25,26)/t16-,17-,20?,21?,22?,24?,27-,29?;12?,13?,14?,16-,17+,18?,21+,23?/m01/s1. The van der Waals surface area contributed by atoms with Crippen LogP contribution in [-0.4, -0.2) is 185 Å². The molecule has 2 saturated heterocycles. The molecule has 0 aromatic carbocycles. The third-order valence-electron chi connectivity index (χ3n) is 13.7. The Hall–Kier alpha value is -3.92. The zero-order chi connectivity index (χ0) is 62.7. The summed E-state index contributed by atoms with van der Waals surface area (Å²) >= 11 is 16.1. The lowest BCUT2D eigenvalue weighted by molar-refractivity contribution is -0.287. The predicted molar refractivity (Wildman–Crippen MR) is 309 cm³/mol. The Morgan fingerprint density at radius 1 is 0.610 bits per heavy atom. The Morgan fingerprint density at radius 3 is 1.39 bits per heavy atom. The molecular formula is C52H78N2O22S6. The number of carbonyl (C=O) groups excluding carboxylic acids is 6. The van der Waals surface area contributed by atoms with Crippen LogP contribution in [0.4, 0.5) is 0 Å². The molecule has 0 spiro atoms. The molecule has 30 heteroatoms. The van der Waals surface area contributed by atoms with E-state index in [4.69, 9.17) is 67.4 Å². The van der Waals surface area contributed by atoms with Gasteiger partial charge < -0.3 is 68.5 Å². The summed E-state index contributed by atoms with van der Waals surface area (Å²) in [5.41, 5.74) is -3.07. The topological polar surface area (TPSA) is 379 Å². The molecule has 0 radical (unpaired) electrons. The molecule has 2 fully saturated rings. The average molecular weight is 1280 g/mol. The number of ether oxygens (including phenoxy) is 8. The SMILES string of the molecule is CCCSC(=S)SCC(CC(C(=O)OCC1O[C@H](O)C(O)[C@@H](O)[C@@H]1O)C(C)(C#N)CCC(=O)O)C(=O)OC.CCCSC(=S)SCC(CC(C(=O)OCC1O[C@H](OC(C)=O)C(OC(C)=O)[C@@H](C)[C@@H]1C)C(C)(C#N)CCC(=O)O)C(=O)OC. The first-order valence-electron chi connectivity index (χ1n) is 26.1. The molecule has 0 saturated carbocycles. The number of aliphatic hydroxyl groups excluding tert-OH is 4. The van der Waals surface area contributed by atoms with E-state index in [1.807, 2.05) is 19.9 Å². The van der Waals surface area contributed by atoms with Crippen molar-refractivity contribution in [1.82, 2.24) is 0 Å². The van der Waals surface area contributed by atoms with Crippen molar-refractivity contribution < 1.29 is 107 Å². The number of hydrogen-bond acceptors (Lipinski definition) is 28. The highest BCUT2D eigenvalue weighted by Crippen LogP contribution is 2.41. The molecule has 2 aliphatic heterocycles. The third kappa shape index (κ3) is 25.3. The summed E-state index contributed by atoms with van der Waals surface area (Å²) in [4.78, 5) is 98.4. The number of aliphatic hydroxyl groups is 4. The number of nitriles is 2. The van der Waals surface area contributed by atoms with Gasteiger partial charge in [0.25, 0.3) is 0 Å². The molecule has 2 rings (SSSR count). The summed E-state index contributed by atoms with van der Waals surface area (Å²) in [6, 6.07) is 4.08. The maximum absolute atomic E-state index is 13.7. The number of rotatable bonds is 30. The van der Waals surface area contributed by atoms with Crippen molar-refractivity contribution in [3.8, 4) is 12.1 Å². The molecule has 10 unspecified atom stereocenters. The average Bonchev–Trinajstić information content (AvgIpc) is 3.62. The van der Waals surface area contributed by atoms with Gasteiger partial charge in [-0.2, -0.15) is 10.5 Å². The molecule has 0 bridgehead atoms. The monoisotopic (exact) mass is 1270 g/mol. The van der Waals surface area contributed by atoms with E-state index >= 15 is 0 Å². The maximum Gasteiger partial charge on any atom is 0.310 e. The van der Waals surface area contributed by atoms with E-state index in [2.05, 4.69) is 6.07 Å². The van der Waals surface area contributed by atoms with Crippen LogP contribution in [-0.2, 0) is 76.3 Å². The van der Waals surface area contributed by atoms with Crippen molar-refractivity contribution in [2.24, 2.45) is 46.3 Å². The Bertz CT molecular complexity index is 2250. The number of carboxylic acids is 2. The van der Waals surface area contributed by atoms with E-state index in [0.717, 1.165) is 24.3 Å². The zero-order valence-corrected chi connectivity index (χ0v) is 52.4. The Kier molecular flexibility index (Phi) is 35.4. The molecule has 24 nitrogen and oxygen atoms in total. The first-order valence-corrected chi connectivity index (χ1v) is 30.9. The van der Waals surface area contributed by atoms with Crippen LogP contribution in [0.3, 0.4) is 0 Å². The smallest absolute Gasteiger partial charge is 0.310 e. The van der Waals surface area contributed by atoms with Crippen LogP contribution in [0.2, 0.25) is 0 Å². The number of carboxylic acid groups (broad SMARTS) is 2. The van der Waals surface area contributed by atoms with Gasteiger partial charge in [0.15, 0.2) is 12.4 Å². The molecule has 82 heavy (non-hydrogen) atoms. The highest BCUT2D eigenvalue weighted by atomic mass is 32.2. The normalized spacial score (nSPS) is 25.1. The van der Waals surface area contributed by atoms with Crippen LogP contribution in [0.25, 0.3) is 0 Å². The molecule has 464 valence electrons. The van der Waals surface area contributed by atoms with Gasteiger partial charge in [0.1, 0.15) is 44.7 Å². The van der Waals surface area contributed by atoms with Gasteiger partial charge in [0, 0.05) is 44.1 Å². The number of hydrogen-bond donors (Lipinski definition) is 6. The second-order valence-electron chi connectivity index (χ2n) is 19.9. The molecule has 16 atom stereocenters. The Labute approximate surface area is 505 Å². The van der Waals surface area contributed by atoms with Crippen LogP contribution < -0.4 is 0 Å². The maximum atomic E-state index is 13.7. The molecule has 0 aromatic rings. The first-order chi connectivity index (χ1) is 38.4. The molecule has 6 N–H and O–H groups in total. The fourth-order valence-corrected chi connectivity index (χ4v) is 12.8. The van der Waals surface area contributed by atoms with Crippen LogP contribution >= 0.6 is 71.5 Å². The highest BCUT2D eigenvalue weighted by Gasteiger charge is 2.49. The summed E-state index contributed by atoms with van der Waals surface area (Å²) in [6.45, 7) is 11.9. The van der Waals surface area contributed by atoms with Crippen molar-refractivity contribution >= 4 is 126 Å². The largest absolute Gasteiger partial charge is 0.481 e. The molecule has 0 aromatic heterocycles. The number of methoxy groups -OCH3 is 2. The Morgan fingerprint density at radius 2 is 1.02 bits per heavy atom. The van der Waals surface area contributed by atoms with E-state index in [-0.39, 0.29) is 62.1 Å². The number of aliphatic carboxylic acids is 2. The number of thioether (sulfide) groups is 4. The minimum absolute atomic E-state index is 0.146. The summed E-state index contributed by atoms with van der Waals surface area (Å²) in [6.07, 6.45) is -11.2. The second-order valence-corrected chi connectivity index (χ2v) is 26.6. The number of thiocarbonyl (C=S) groups is 2. The van der Waals surface area contributed by atoms with Gasteiger partial charge in [-0.1, -0.05) is 52.1 Å². The van der Waals surface area contributed by atoms with Gasteiger partial charge >= 0.3 is 47.8 Å². The van der Waals surface area contributed by atoms with E-state index in [1.54, 1.807) is 13.8 Å². The van der Waals surface area contributed by atoms with Crippen LogP contribution in [0.15, 0.2) is 0 Å². The van der Waals surface area contributed by atoms with Crippen molar-refractivity contribution in [1.29, 1.82) is 10.5 Å². The lowest BCUT2D eigenvalue weighted by Crippen LogP contribution is -2.58. The number of nitrogens with zero attached hydrogens (tertiary/aromatic N) is 2. The van der Waals surface area contributed by atoms with Crippen molar-refractivity contribution in [3.63, 3.8) is 0 Å². The minimum Gasteiger partial charge on any atom is -0.481 e. The number of esters is 6. The molecule has 2 aliphatic rings. The van der Waals surface area contributed by atoms with Crippen molar-refractivity contribution in [2.75, 3.05) is 50.4 Å². The fraction of sp³-hybridized carbons (Fsp3) is 0.769. The lowest BCUT2D eigenvalue weighted by Gasteiger charge is -2.43. The zero-order valence-electron chi connectivity index (χ0n) is 47.5. The summed E-state index contributed by atoms with van der Waals surface area (Å²) in [5.74, 6) is -9.60. The molecule has 0 aliphatic carbocycles. The lowest BCUT2D eigenvalue weighted by atomic mass is 9.71. The molecule has 0 amide bonds. The highest BCUT2D eigenvalue weighted by molar-refractivity contribution is 8.47. The first kappa shape index (κ1) is 76.1. The summed E-state index contributed by atoms with van der Waals surface area (Å²) in [7, 11) is 2.40. The number of carbonyl (C=O) groups is 8. The van der Waals surface area contributed by atoms with E-state index in [0.29, 0.717) is 7.06 Å². The van der Waals surface area contributed by atoms with Crippen molar-refractivity contribution in [2.45, 2.75) is 156 Å². The second kappa shape index (κ2) is 38.2. The minimum atomic E-state index is -1.84. The van der Waals surface area contributed by atoms with Gasteiger partial charge in [-0.05, 0) is 69.8 Å². The fourth-order valence-electron chi connectivity index (χ4n) is 8.40. The van der Waals surface area contributed by atoms with E-state index < -0.39 is 144 Å². The van der Waals surface area contributed by atoms with Gasteiger partial charge in [0.2, 0.25) is 6.29 Å². The van der Waals surface area contributed by atoms with Gasteiger partial charge in [0.05, 0.1) is 67.0 Å². The van der Waals surface area contributed by atoms with Crippen LogP contribution in [0, 0.1) is 69.0 Å². The summed E-state index contributed by atoms with van der Waals surface area (Å²) in [5, 5.41) is 77.9. The molecular weight excluding hydrogens is 1200 g/mol. The third-order valence-corrected chi connectivity index (χ3v) is 19.8. The van der Waals surface area contributed by atoms with E-state index in [1.165, 1.54) is 89.0 Å². The van der Waals surface area contributed by atoms with Gasteiger partial charge in [-0.15, -0.1) is 47.0 Å². The Balaban J connectivity index is 0.000000829. The van der Waals surface area contributed by atoms with Crippen LogP contribution in [0.1, 0.15) is 107 Å². The quantitative estimate of drug-likeness (QED) is 0.0311. The molecule has 2 heterocycles. The van der Waals surface area contributed by atoms with Crippen molar-refractivity contribution in [3.05, 3.63) is 0 Å².